The van der Waals surface area contributed by atoms with Crippen LogP contribution in [0, 0.1) is 23.7 Å². The van der Waals surface area contributed by atoms with E-state index in [1.807, 2.05) is 54.6 Å². The van der Waals surface area contributed by atoms with Crippen LogP contribution in [0.5, 0.6) is 0 Å². The zero-order valence-electron chi connectivity index (χ0n) is 20.5. The first-order valence-electron chi connectivity index (χ1n) is 12.8. The third-order valence-corrected chi connectivity index (χ3v) is 10.2. The lowest BCUT2D eigenvalue weighted by Crippen LogP contribution is -2.32. The van der Waals surface area contributed by atoms with E-state index in [0.29, 0.717) is 11.4 Å². The number of nitrogens with one attached hydrogen (secondary N) is 1. The van der Waals surface area contributed by atoms with Gasteiger partial charge in [0.1, 0.15) is 11.2 Å². The zero-order chi connectivity index (χ0) is 26.2. The maximum Gasteiger partial charge on any atom is 0.238 e. The molecule has 7 nitrogen and oxygen atoms in total. The molecule has 1 saturated heterocycles. The summed E-state index contributed by atoms with van der Waals surface area (Å²) in [7, 11) is 0. The number of aromatic nitrogens is 1. The summed E-state index contributed by atoms with van der Waals surface area (Å²) in [6.45, 7) is 0. The van der Waals surface area contributed by atoms with E-state index in [1.54, 1.807) is 6.07 Å². The lowest BCUT2D eigenvalue weighted by molar-refractivity contribution is -0.123. The number of fused-ring (bicyclic) bond motifs is 9. The number of carbonyl (C=O) groups is 3. The second-order valence-corrected chi connectivity index (χ2v) is 12.5. The predicted molar refractivity (Wildman–Crippen MR) is 153 cm³/mol. The number of benzene rings is 3. The highest BCUT2D eigenvalue weighted by molar-refractivity contribution is 8.01. The van der Waals surface area contributed by atoms with Crippen LogP contribution in [-0.4, -0.2) is 28.5 Å². The van der Waals surface area contributed by atoms with E-state index in [9.17, 15) is 14.4 Å². The Morgan fingerprint density at radius 2 is 1.74 bits per heavy atom. The molecule has 8 rings (SSSR count). The van der Waals surface area contributed by atoms with E-state index in [0.717, 1.165) is 42.9 Å². The van der Waals surface area contributed by atoms with Gasteiger partial charge in [0.2, 0.25) is 17.7 Å². The highest BCUT2D eigenvalue weighted by Crippen LogP contribution is 2.53. The van der Waals surface area contributed by atoms with E-state index in [2.05, 4.69) is 22.5 Å². The zero-order valence-corrected chi connectivity index (χ0v) is 22.1. The van der Waals surface area contributed by atoms with Gasteiger partial charge in [-0.3, -0.25) is 14.4 Å². The molecular weight excluding hydrogens is 530 g/mol. The summed E-state index contributed by atoms with van der Waals surface area (Å²) in [4.78, 5) is 45.1. The fourth-order valence-electron chi connectivity index (χ4n) is 6.38. The molecule has 1 saturated carbocycles. The van der Waals surface area contributed by atoms with Crippen LogP contribution >= 0.6 is 23.1 Å². The lowest BCUT2D eigenvalue weighted by atomic mass is 9.85. The van der Waals surface area contributed by atoms with E-state index in [4.69, 9.17) is 4.42 Å². The van der Waals surface area contributed by atoms with Gasteiger partial charge in [-0.25, -0.2) is 9.88 Å². The third kappa shape index (κ3) is 3.57. The smallest absolute Gasteiger partial charge is 0.238 e. The molecule has 39 heavy (non-hydrogen) atoms. The molecule has 2 bridgehead atoms. The number of furan rings is 1. The van der Waals surface area contributed by atoms with E-state index in [1.165, 1.54) is 28.0 Å². The molecule has 3 aromatic carbocycles. The number of para-hydroxylation sites is 1. The van der Waals surface area contributed by atoms with Gasteiger partial charge in [0.15, 0.2) is 4.34 Å². The number of thioether (sulfide) groups is 1. The molecule has 2 aliphatic carbocycles. The van der Waals surface area contributed by atoms with Gasteiger partial charge < -0.3 is 9.73 Å². The molecule has 0 radical (unpaired) electrons. The van der Waals surface area contributed by atoms with Crippen LogP contribution < -0.4 is 10.2 Å². The number of thiazole rings is 1. The maximum atomic E-state index is 13.2. The van der Waals surface area contributed by atoms with E-state index in [-0.39, 0.29) is 47.1 Å². The molecule has 5 aromatic rings. The van der Waals surface area contributed by atoms with Crippen molar-refractivity contribution >= 4 is 84.4 Å². The largest absolute Gasteiger partial charge is 0.456 e. The van der Waals surface area contributed by atoms with Gasteiger partial charge >= 0.3 is 0 Å². The quantitative estimate of drug-likeness (QED) is 0.158. The Balaban J connectivity index is 0.964. The van der Waals surface area contributed by atoms with Gasteiger partial charge in [-0.2, -0.15) is 0 Å². The molecule has 0 unspecified atom stereocenters. The summed E-state index contributed by atoms with van der Waals surface area (Å²) >= 11 is 2.81. The monoisotopic (exact) mass is 551 g/mol. The molecule has 192 valence electrons. The van der Waals surface area contributed by atoms with Crippen LogP contribution in [0.4, 0.5) is 11.4 Å². The van der Waals surface area contributed by atoms with Gasteiger partial charge in [-0.05, 0) is 54.7 Å². The standard InChI is InChI=1S/C30H21N3O4S2/c34-25(31-17-7-9-20-19-3-1-2-4-22(19)37-23(20)12-17)14-38-30-32-21-10-8-18(13-24(21)39-30)33-28(35)26-15-5-6-16(11-15)27(26)29(33)36/h1-10,12-13,15-16,26-27H,11,14H2,(H,31,34)/t15-,16-,26-,27+/m0/s1. The molecule has 2 fully saturated rings. The molecular formula is C30H21N3O4S2. The van der Waals surface area contributed by atoms with Crippen molar-refractivity contribution in [2.75, 3.05) is 16.0 Å². The van der Waals surface area contributed by atoms with Crippen molar-refractivity contribution in [1.82, 2.24) is 4.98 Å². The van der Waals surface area contributed by atoms with Gasteiger partial charge in [0.25, 0.3) is 0 Å². The summed E-state index contributed by atoms with van der Waals surface area (Å²) in [5.41, 5.74) is 3.60. The first kappa shape index (κ1) is 23.0. The minimum absolute atomic E-state index is 0.0854. The van der Waals surface area contributed by atoms with E-state index >= 15 is 0 Å². The van der Waals surface area contributed by atoms with Crippen LogP contribution in [0.15, 0.2) is 81.6 Å². The first-order chi connectivity index (χ1) is 19.0. The molecule has 3 amide bonds. The summed E-state index contributed by atoms with van der Waals surface area (Å²) in [5.74, 6) is -0.183. The van der Waals surface area contributed by atoms with Crippen molar-refractivity contribution in [2.45, 2.75) is 10.8 Å². The van der Waals surface area contributed by atoms with E-state index < -0.39 is 0 Å². The Hall–Kier alpha value is -3.95. The van der Waals surface area contributed by atoms with Crippen LogP contribution in [-0.2, 0) is 14.4 Å². The average molecular weight is 552 g/mol. The van der Waals surface area contributed by atoms with Crippen LogP contribution in [0.1, 0.15) is 6.42 Å². The number of allylic oxidation sites excluding steroid dienone is 2. The van der Waals surface area contributed by atoms with Gasteiger partial charge in [-0.1, -0.05) is 42.1 Å². The topological polar surface area (TPSA) is 92.5 Å². The van der Waals surface area contributed by atoms with Crippen molar-refractivity contribution in [1.29, 1.82) is 0 Å². The second kappa shape index (κ2) is 8.53. The number of hydrogen-bond donors (Lipinski definition) is 1. The molecule has 1 N–H and O–H groups in total. The van der Waals surface area contributed by atoms with Crippen LogP contribution in [0.2, 0.25) is 0 Å². The Morgan fingerprint density at radius 3 is 2.56 bits per heavy atom. The second-order valence-electron chi connectivity index (χ2n) is 10.3. The number of rotatable bonds is 5. The van der Waals surface area contributed by atoms with Crippen molar-refractivity contribution in [3.8, 4) is 0 Å². The van der Waals surface area contributed by atoms with Crippen LogP contribution in [0.3, 0.4) is 0 Å². The van der Waals surface area contributed by atoms with Gasteiger partial charge in [0, 0.05) is 22.5 Å². The summed E-state index contributed by atoms with van der Waals surface area (Å²) < 4.78 is 7.55. The Morgan fingerprint density at radius 1 is 0.974 bits per heavy atom. The minimum atomic E-state index is -0.221. The number of nitrogens with zero attached hydrogens (tertiary/aromatic N) is 2. The van der Waals surface area contributed by atoms with Crippen molar-refractivity contribution in [2.24, 2.45) is 23.7 Å². The molecule has 3 heterocycles. The molecule has 4 atom stereocenters. The molecule has 1 aliphatic heterocycles. The molecule has 0 spiro atoms. The predicted octanol–water partition coefficient (Wildman–Crippen LogP) is 6.24. The number of amides is 3. The minimum Gasteiger partial charge on any atom is -0.456 e. The summed E-state index contributed by atoms with van der Waals surface area (Å²) in [5, 5.41) is 5.00. The SMILES string of the molecule is O=C(CSc1nc2ccc(N3C(=O)[C@@H]4[C@H](C3=O)[C@H]3C=C[C@H]4C3)cc2s1)Nc1ccc2c(c1)oc1ccccc12. The van der Waals surface area contributed by atoms with Crippen molar-refractivity contribution in [3.05, 3.63) is 72.8 Å². The highest BCUT2D eigenvalue weighted by atomic mass is 32.2. The van der Waals surface area contributed by atoms with Crippen molar-refractivity contribution in [3.63, 3.8) is 0 Å². The summed E-state index contributed by atoms with van der Waals surface area (Å²) in [6.07, 6.45) is 5.12. The Kier molecular flexibility index (Phi) is 5.02. The Bertz CT molecular complexity index is 1860. The number of imide groups is 1. The third-order valence-electron chi connectivity index (χ3n) is 8.07. The normalized spacial score (nSPS) is 23.5. The van der Waals surface area contributed by atoms with Crippen LogP contribution in [0.25, 0.3) is 32.2 Å². The van der Waals surface area contributed by atoms with Gasteiger partial charge in [-0.15, -0.1) is 11.3 Å². The molecule has 9 heteroatoms. The Labute approximate surface area is 230 Å². The fraction of sp³-hybridized carbons (Fsp3) is 0.200. The lowest BCUT2D eigenvalue weighted by Gasteiger charge is -2.17. The summed E-state index contributed by atoms with van der Waals surface area (Å²) in [6, 6.07) is 19.0. The number of carbonyl (C=O) groups excluding carboxylic acids is 3. The van der Waals surface area contributed by atoms with Crippen molar-refractivity contribution < 1.29 is 18.8 Å². The van der Waals surface area contributed by atoms with Gasteiger partial charge in [0.05, 0.1) is 33.5 Å². The number of hydrogen-bond acceptors (Lipinski definition) is 7. The average Bonchev–Trinajstić information content (AvgIpc) is 3.75. The number of anilines is 2. The molecule has 3 aliphatic rings. The highest BCUT2D eigenvalue weighted by Gasteiger charge is 2.59. The molecule has 2 aromatic heterocycles. The maximum absolute atomic E-state index is 13.2. The fourth-order valence-corrected chi connectivity index (χ4v) is 8.28. The first-order valence-corrected chi connectivity index (χ1v) is 14.6.